The molecule has 0 unspecified atom stereocenters. The molecule has 1 heterocycles. The molecule has 1 aliphatic heterocycles. The number of carbonyl (C=O) groups excluding carboxylic acids is 2. The van der Waals surface area contributed by atoms with E-state index in [0.29, 0.717) is 16.5 Å². The number of halogens is 1. The summed E-state index contributed by atoms with van der Waals surface area (Å²) in [7, 11) is 0. The van der Waals surface area contributed by atoms with Crippen LogP contribution >= 0.6 is 23.4 Å². The highest BCUT2D eigenvalue weighted by molar-refractivity contribution is 8.00. The molecule has 4 rings (SSSR count). The van der Waals surface area contributed by atoms with Gasteiger partial charge in [0.05, 0.1) is 16.9 Å². The molecule has 0 atom stereocenters. The summed E-state index contributed by atoms with van der Waals surface area (Å²) in [6, 6.07) is 13.1. The molecule has 0 radical (unpaired) electrons. The number of thioether (sulfide) groups is 1. The molecule has 2 aliphatic rings. The lowest BCUT2D eigenvalue weighted by Crippen LogP contribution is -2.28. The highest BCUT2D eigenvalue weighted by Gasteiger charge is 2.51. The average Bonchev–Trinajstić information content (AvgIpc) is 3.36. The lowest BCUT2D eigenvalue weighted by atomic mass is 9.95. The Labute approximate surface area is 149 Å². The van der Waals surface area contributed by atoms with Gasteiger partial charge in [-0.2, -0.15) is 0 Å². The Morgan fingerprint density at radius 2 is 2.04 bits per heavy atom. The van der Waals surface area contributed by atoms with Crippen molar-refractivity contribution in [2.75, 3.05) is 16.4 Å². The van der Waals surface area contributed by atoms with Gasteiger partial charge in [-0.15, -0.1) is 11.8 Å². The van der Waals surface area contributed by atoms with Crippen molar-refractivity contribution in [1.82, 2.24) is 0 Å². The number of rotatable bonds is 3. The molecule has 2 N–H and O–H groups in total. The van der Waals surface area contributed by atoms with Crippen LogP contribution in [0.4, 0.5) is 11.4 Å². The first-order chi connectivity index (χ1) is 11.6. The van der Waals surface area contributed by atoms with Crippen molar-refractivity contribution in [2.45, 2.75) is 23.2 Å². The first kappa shape index (κ1) is 15.5. The van der Waals surface area contributed by atoms with E-state index >= 15 is 0 Å². The number of fused-ring (bicyclic) bond motifs is 1. The van der Waals surface area contributed by atoms with E-state index in [1.54, 1.807) is 0 Å². The third kappa shape index (κ3) is 2.78. The topological polar surface area (TPSA) is 58.2 Å². The fraction of sp³-hybridized carbons (Fsp3) is 0.222. The SMILES string of the molecule is O=C1CSc2ccc(NC(=O)C3(c4cccc(Cl)c4)CC3)cc2N1. The van der Waals surface area contributed by atoms with Crippen LogP contribution < -0.4 is 10.6 Å². The molecule has 0 aromatic heterocycles. The summed E-state index contributed by atoms with van der Waals surface area (Å²) >= 11 is 7.56. The van der Waals surface area contributed by atoms with Gasteiger partial charge in [-0.25, -0.2) is 0 Å². The Hall–Kier alpha value is -1.98. The molecule has 2 aromatic rings. The maximum absolute atomic E-state index is 12.8. The number of carbonyl (C=O) groups is 2. The predicted octanol–water partition coefficient (Wildman–Crippen LogP) is 4.05. The van der Waals surface area contributed by atoms with Crippen molar-refractivity contribution in [3.8, 4) is 0 Å². The first-order valence-electron chi connectivity index (χ1n) is 7.71. The van der Waals surface area contributed by atoms with E-state index in [4.69, 9.17) is 11.6 Å². The van der Waals surface area contributed by atoms with Gasteiger partial charge in [-0.05, 0) is 48.7 Å². The molecular weight excluding hydrogens is 344 g/mol. The highest BCUT2D eigenvalue weighted by atomic mass is 35.5. The van der Waals surface area contributed by atoms with E-state index in [1.807, 2.05) is 42.5 Å². The zero-order valence-electron chi connectivity index (χ0n) is 12.8. The van der Waals surface area contributed by atoms with Crippen molar-refractivity contribution in [2.24, 2.45) is 0 Å². The summed E-state index contributed by atoms with van der Waals surface area (Å²) < 4.78 is 0. The minimum atomic E-state index is -0.487. The van der Waals surface area contributed by atoms with Crippen molar-refractivity contribution < 1.29 is 9.59 Å². The van der Waals surface area contributed by atoms with Crippen LogP contribution in [0.1, 0.15) is 18.4 Å². The third-order valence-corrected chi connectivity index (χ3v) is 5.74. The Morgan fingerprint density at radius 3 is 2.79 bits per heavy atom. The monoisotopic (exact) mass is 358 g/mol. The molecule has 4 nitrogen and oxygen atoms in total. The number of amides is 2. The molecule has 2 aromatic carbocycles. The number of anilines is 2. The van der Waals surface area contributed by atoms with Gasteiger partial charge >= 0.3 is 0 Å². The molecule has 1 saturated carbocycles. The summed E-state index contributed by atoms with van der Waals surface area (Å²) in [6.07, 6.45) is 1.63. The molecule has 0 bridgehead atoms. The lowest BCUT2D eigenvalue weighted by Gasteiger charge is -2.19. The van der Waals surface area contributed by atoms with Crippen LogP contribution in [0.15, 0.2) is 47.4 Å². The minimum Gasteiger partial charge on any atom is -0.325 e. The van der Waals surface area contributed by atoms with E-state index in [-0.39, 0.29) is 11.8 Å². The Kier molecular flexibility index (Phi) is 3.77. The van der Waals surface area contributed by atoms with Crippen LogP contribution in [0.25, 0.3) is 0 Å². The fourth-order valence-corrected chi connectivity index (χ4v) is 3.95. The van der Waals surface area contributed by atoms with E-state index in [0.717, 1.165) is 29.0 Å². The van der Waals surface area contributed by atoms with Crippen LogP contribution in [0, 0.1) is 0 Å². The molecule has 0 spiro atoms. The second-order valence-corrected chi connectivity index (χ2v) is 7.55. The highest BCUT2D eigenvalue weighted by Crippen LogP contribution is 2.49. The van der Waals surface area contributed by atoms with Crippen LogP contribution in [0.5, 0.6) is 0 Å². The summed E-state index contributed by atoms with van der Waals surface area (Å²) in [5.41, 5.74) is 1.91. The number of benzene rings is 2. The molecule has 122 valence electrons. The van der Waals surface area contributed by atoms with Gasteiger partial charge in [0, 0.05) is 15.6 Å². The van der Waals surface area contributed by atoms with Crippen LogP contribution in [-0.4, -0.2) is 17.6 Å². The van der Waals surface area contributed by atoms with Gasteiger partial charge in [0.2, 0.25) is 11.8 Å². The minimum absolute atomic E-state index is 0.0198. The van der Waals surface area contributed by atoms with Gasteiger partial charge in [-0.3, -0.25) is 9.59 Å². The van der Waals surface area contributed by atoms with E-state index in [2.05, 4.69) is 10.6 Å². The van der Waals surface area contributed by atoms with E-state index in [9.17, 15) is 9.59 Å². The molecule has 2 amide bonds. The second-order valence-electron chi connectivity index (χ2n) is 6.09. The average molecular weight is 359 g/mol. The lowest BCUT2D eigenvalue weighted by molar-refractivity contribution is -0.118. The summed E-state index contributed by atoms with van der Waals surface area (Å²) in [4.78, 5) is 25.3. The van der Waals surface area contributed by atoms with E-state index < -0.39 is 5.41 Å². The van der Waals surface area contributed by atoms with E-state index in [1.165, 1.54) is 11.8 Å². The van der Waals surface area contributed by atoms with Gasteiger partial charge in [-0.1, -0.05) is 23.7 Å². The van der Waals surface area contributed by atoms with Crippen molar-refractivity contribution in [1.29, 1.82) is 0 Å². The maximum Gasteiger partial charge on any atom is 0.235 e. The van der Waals surface area contributed by atoms with Crippen LogP contribution in [0.2, 0.25) is 5.02 Å². The third-order valence-electron chi connectivity index (χ3n) is 4.43. The van der Waals surface area contributed by atoms with Gasteiger partial charge < -0.3 is 10.6 Å². The standard InChI is InChI=1S/C18H15ClN2O2S/c19-12-3-1-2-11(8-12)18(6-7-18)17(23)20-13-4-5-15-14(9-13)21-16(22)10-24-15/h1-5,8-9H,6-7,10H2,(H,20,23)(H,21,22). The second kappa shape index (κ2) is 5.83. The molecular formula is C18H15ClN2O2S. The summed E-state index contributed by atoms with van der Waals surface area (Å²) in [6.45, 7) is 0. The van der Waals surface area contributed by atoms with Crippen LogP contribution in [-0.2, 0) is 15.0 Å². The quantitative estimate of drug-likeness (QED) is 0.870. The largest absolute Gasteiger partial charge is 0.325 e. The Morgan fingerprint density at radius 1 is 1.21 bits per heavy atom. The first-order valence-corrected chi connectivity index (χ1v) is 9.07. The fourth-order valence-electron chi connectivity index (χ4n) is 2.97. The number of hydrogen-bond donors (Lipinski definition) is 2. The molecule has 0 saturated heterocycles. The maximum atomic E-state index is 12.8. The van der Waals surface area contributed by atoms with Crippen molar-refractivity contribution in [3.63, 3.8) is 0 Å². The Balaban J connectivity index is 1.56. The molecule has 1 fully saturated rings. The predicted molar refractivity (Wildman–Crippen MR) is 96.8 cm³/mol. The molecule has 24 heavy (non-hydrogen) atoms. The number of hydrogen-bond acceptors (Lipinski definition) is 3. The zero-order valence-corrected chi connectivity index (χ0v) is 14.3. The smallest absolute Gasteiger partial charge is 0.235 e. The van der Waals surface area contributed by atoms with Crippen molar-refractivity contribution >= 4 is 46.6 Å². The van der Waals surface area contributed by atoms with Crippen molar-refractivity contribution in [3.05, 3.63) is 53.1 Å². The van der Waals surface area contributed by atoms with Gasteiger partial charge in [0.25, 0.3) is 0 Å². The number of nitrogens with one attached hydrogen (secondary N) is 2. The van der Waals surface area contributed by atoms with Gasteiger partial charge in [0.15, 0.2) is 0 Å². The van der Waals surface area contributed by atoms with Crippen LogP contribution in [0.3, 0.4) is 0 Å². The summed E-state index contributed by atoms with van der Waals surface area (Å²) in [5.74, 6) is 0.379. The Bertz CT molecular complexity index is 849. The molecule has 1 aliphatic carbocycles. The molecule has 6 heteroatoms. The summed E-state index contributed by atoms with van der Waals surface area (Å²) in [5, 5.41) is 6.46. The van der Waals surface area contributed by atoms with Gasteiger partial charge in [0.1, 0.15) is 0 Å². The normalized spacial score (nSPS) is 17.6. The zero-order chi connectivity index (χ0) is 16.7.